The number of nitrogens with zero attached hydrogens (tertiary/aromatic N) is 1. The summed E-state index contributed by atoms with van der Waals surface area (Å²) in [4.78, 5) is 37.0. The first kappa shape index (κ1) is 23.2. The predicted octanol–water partition coefficient (Wildman–Crippen LogP) is 4.21. The monoisotopic (exact) mass is 461 g/mol. The minimum Gasteiger partial charge on any atom is -0.489 e. The lowest BCUT2D eigenvalue weighted by Gasteiger charge is -2.35. The van der Waals surface area contributed by atoms with Crippen LogP contribution < -0.4 is 15.4 Å². The number of nitrogens with one attached hydrogen (secondary N) is 2. The summed E-state index contributed by atoms with van der Waals surface area (Å²) in [6.45, 7) is 5.92. The number of piperidine rings is 1. The third-order valence-electron chi connectivity index (χ3n) is 6.43. The highest BCUT2D eigenvalue weighted by Crippen LogP contribution is 2.36. The van der Waals surface area contributed by atoms with Gasteiger partial charge < -0.3 is 14.6 Å². The van der Waals surface area contributed by atoms with Crippen LogP contribution in [0, 0.1) is 13.8 Å². The Balaban J connectivity index is 1.43. The number of ether oxygens (including phenoxy) is 1. The zero-order valence-electron chi connectivity index (χ0n) is 19.4. The molecule has 176 valence electrons. The quantitative estimate of drug-likeness (QED) is 0.510. The van der Waals surface area contributed by atoms with Gasteiger partial charge >= 0.3 is 0 Å². The topological polar surface area (TPSA) is 111 Å². The molecule has 0 radical (unpaired) electrons. The van der Waals surface area contributed by atoms with E-state index in [1.807, 2.05) is 32.9 Å². The average Bonchev–Trinajstić information content (AvgIpc) is 3.16. The molecule has 3 amide bonds. The molecule has 1 aliphatic heterocycles. The number of hydrogen-bond acceptors (Lipinski definition) is 6. The van der Waals surface area contributed by atoms with Gasteiger partial charge in [0, 0.05) is 17.7 Å². The van der Waals surface area contributed by atoms with Gasteiger partial charge in [-0.15, -0.1) is 0 Å². The molecule has 1 unspecified atom stereocenters. The Morgan fingerprint density at radius 2 is 1.94 bits per heavy atom. The number of amides is 3. The van der Waals surface area contributed by atoms with Gasteiger partial charge in [0.1, 0.15) is 18.1 Å². The van der Waals surface area contributed by atoms with E-state index in [1.165, 1.54) is 0 Å². The Morgan fingerprint density at radius 1 is 1.18 bits per heavy atom. The van der Waals surface area contributed by atoms with Gasteiger partial charge in [-0.1, -0.05) is 30.3 Å². The maximum absolute atomic E-state index is 12.8. The number of aromatic nitrogens is 1. The molecule has 1 atom stereocenters. The summed E-state index contributed by atoms with van der Waals surface area (Å²) in [5, 5.41) is 9.25. The molecule has 0 bridgehead atoms. The maximum Gasteiger partial charge on any atom is 0.255 e. The molecule has 4 rings (SSSR count). The summed E-state index contributed by atoms with van der Waals surface area (Å²) in [6, 6.07) is 14.1. The molecule has 0 aliphatic carbocycles. The van der Waals surface area contributed by atoms with Crippen molar-refractivity contribution in [2.75, 3.05) is 5.32 Å². The molecule has 3 aromatic rings. The second-order valence-electron chi connectivity index (χ2n) is 8.46. The van der Waals surface area contributed by atoms with E-state index < -0.39 is 5.41 Å². The number of carbonyl (C=O) groups is 3. The zero-order chi connectivity index (χ0) is 24.3. The first-order valence-electron chi connectivity index (χ1n) is 11.2. The van der Waals surface area contributed by atoms with Crippen molar-refractivity contribution in [1.29, 1.82) is 0 Å². The van der Waals surface area contributed by atoms with Crippen LogP contribution in [0.25, 0.3) is 0 Å². The van der Waals surface area contributed by atoms with Gasteiger partial charge in [-0.05, 0) is 62.6 Å². The molecule has 2 N–H and O–H groups in total. The lowest BCUT2D eigenvalue weighted by Crippen LogP contribution is -2.51. The molecule has 1 fully saturated rings. The molecule has 1 aromatic heterocycles. The summed E-state index contributed by atoms with van der Waals surface area (Å²) in [5.41, 5.74) is 2.81. The molecule has 0 saturated carbocycles. The molecule has 8 heteroatoms. The van der Waals surface area contributed by atoms with Crippen molar-refractivity contribution < 1.29 is 23.6 Å². The number of rotatable bonds is 7. The molecule has 8 nitrogen and oxygen atoms in total. The lowest BCUT2D eigenvalue weighted by atomic mass is 9.72. The molecule has 0 spiro atoms. The van der Waals surface area contributed by atoms with Crippen LogP contribution in [0.15, 0.2) is 53.1 Å². The number of hydrogen-bond donors (Lipinski definition) is 2. The van der Waals surface area contributed by atoms with Crippen LogP contribution in [0.1, 0.15) is 59.1 Å². The van der Waals surface area contributed by atoms with Gasteiger partial charge in [0.15, 0.2) is 0 Å². The Morgan fingerprint density at radius 3 is 2.59 bits per heavy atom. The number of carbonyl (C=O) groups excluding carboxylic acids is 3. The molecule has 1 saturated heterocycles. The average molecular weight is 462 g/mol. The van der Waals surface area contributed by atoms with E-state index in [1.54, 1.807) is 36.4 Å². The minimum absolute atomic E-state index is 0.240. The van der Waals surface area contributed by atoms with Crippen LogP contribution in [0.4, 0.5) is 5.69 Å². The van der Waals surface area contributed by atoms with Gasteiger partial charge in [0.2, 0.25) is 11.8 Å². The van der Waals surface area contributed by atoms with Crippen LogP contribution in [-0.2, 0) is 21.6 Å². The SMILES string of the molecule is CCC1(c2ccc(NC(=O)c3cccc(OCc4c(C)noc4C)c3)cc2)CCC(=O)NC1=O. The Bertz CT molecular complexity index is 1210. The van der Waals surface area contributed by atoms with Crippen molar-refractivity contribution in [3.05, 3.63) is 76.7 Å². The van der Waals surface area contributed by atoms with E-state index in [0.717, 1.165) is 16.8 Å². The molecule has 2 aromatic carbocycles. The molecular formula is C26H27N3O5. The molecule has 2 heterocycles. The maximum atomic E-state index is 12.8. The number of anilines is 1. The van der Waals surface area contributed by atoms with Crippen molar-refractivity contribution in [2.45, 2.75) is 52.1 Å². The smallest absolute Gasteiger partial charge is 0.255 e. The van der Waals surface area contributed by atoms with Gasteiger partial charge in [0.05, 0.1) is 16.7 Å². The van der Waals surface area contributed by atoms with Crippen molar-refractivity contribution in [2.24, 2.45) is 0 Å². The van der Waals surface area contributed by atoms with E-state index >= 15 is 0 Å². The highest BCUT2D eigenvalue weighted by molar-refractivity contribution is 6.05. The van der Waals surface area contributed by atoms with Crippen LogP contribution in [0.5, 0.6) is 5.75 Å². The van der Waals surface area contributed by atoms with E-state index in [4.69, 9.17) is 9.26 Å². The standard InChI is InChI=1S/C26H27N3O5/c1-4-26(13-12-23(30)28-25(26)32)19-8-10-20(11-9-19)27-24(31)18-6-5-7-21(14-18)33-15-22-16(2)29-34-17(22)3/h5-11,14H,4,12-13,15H2,1-3H3,(H,27,31)(H,28,30,32). The van der Waals surface area contributed by atoms with Crippen molar-refractivity contribution in [3.8, 4) is 5.75 Å². The predicted molar refractivity (Wildman–Crippen MR) is 125 cm³/mol. The summed E-state index contributed by atoms with van der Waals surface area (Å²) >= 11 is 0. The third-order valence-corrected chi connectivity index (χ3v) is 6.43. The van der Waals surface area contributed by atoms with E-state index in [-0.39, 0.29) is 17.7 Å². The van der Waals surface area contributed by atoms with Crippen LogP contribution in [-0.4, -0.2) is 22.9 Å². The second kappa shape index (κ2) is 9.51. The first-order valence-corrected chi connectivity index (χ1v) is 11.2. The number of aryl methyl sites for hydroxylation is 2. The van der Waals surface area contributed by atoms with Gasteiger partial charge in [0.25, 0.3) is 5.91 Å². The van der Waals surface area contributed by atoms with Crippen LogP contribution >= 0.6 is 0 Å². The Labute approximate surface area is 197 Å². The van der Waals surface area contributed by atoms with Gasteiger partial charge in [-0.25, -0.2) is 0 Å². The Kier molecular flexibility index (Phi) is 6.49. The largest absolute Gasteiger partial charge is 0.489 e. The zero-order valence-corrected chi connectivity index (χ0v) is 19.4. The fourth-order valence-electron chi connectivity index (χ4n) is 4.23. The molecule has 34 heavy (non-hydrogen) atoms. The fourth-order valence-corrected chi connectivity index (χ4v) is 4.23. The highest BCUT2D eigenvalue weighted by Gasteiger charge is 2.42. The van der Waals surface area contributed by atoms with Gasteiger partial charge in [-0.2, -0.15) is 0 Å². The lowest BCUT2D eigenvalue weighted by molar-refractivity contribution is -0.138. The number of imide groups is 1. The normalized spacial score (nSPS) is 17.9. The molecular weight excluding hydrogens is 434 g/mol. The Hall–Kier alpha value is -3.94. The summed E-state index contributed by atoms with van der Waals surface area (Å²) in [6.07, 6.45) is 1.37. The summed E-state index contributed by atoms with van der Waals surface area (Å²) in [7, 11) is 0. The van der Waals surface area contributed by atoms with Crippen molar-refractivity contribution in [1.82, 2.24) is 10.5 Å². The number of benzene rings is 2. The van der Waals surface area contributed by atoms with Crippen molar-refractivity contribution >= 4 is 23.4 Å². The van der Waals surface area contributed by atoms with E-state index in [9.17, 15) is 14.4 Å². The third kappa shape index (κ3) is 4.57. The van der Waals surface area contributed by atoms with Crippen LogP contribution in [0.3, 0.4) is 0 Å². The fraction of sp³-hybridized carbons (Fsp3) is 0.308. The van der Waals surface area contributed by atoms with Crippen molar-refractivity contribution in [3.63, 3.8) is 0 Å². The van der Waals surface area contributed by atoms with Crippen LogP contribution in [0.2, 0.25) is 0 Å². The highest BCUT2D eigenvalue weighted by atomic mass is 16.5. The first-order chi connectivity index (χ1) is 16.3. The summed E-state index contributed by atoms with van der Waals surface area (Å²) in [5.74, 6) is 0.483. The second-order valence-corrected chi connectivity index (χ2v) is 8.46. The van der Waals surface area contributed by atoms with Gasteiger partial charge in [-0.3, -0.25) is 19.7 Å². The van der Waals surface area contributed by atoms with E-state index in [0.29, 0.717) is 48.6 Å². The minimum atomic E-state index is -0.733. The molecule has 1 aliphatic rings. The van der Waals surface area contributed by atoms with E-state index in [2.05, 4.69) is 15.8 Å². The summed E-state index contributed by atoms with van der Waals surface area (Å²) < 4.78 is 11.0.